The van der Waals surface area contributed by atoms with Crippen molar-refractivity contribution >= 4 is 12.3 Å². The van der Waals surface area contributed by atoms with Gasteiger partial charge in [-0.05, 0) is 44.4 Å². The molecule has 0 aliphatic rings. The molecule has 1 rings (SSSR count). The fourth-order valence-electron chi connectivity index (χ4n) is 1.67. The molecule has 0 aliphatic carbocycles. The van der Waals surface area contributed by atoms with Crippen LogP contribution in [0.3, 0.4) is 0 Å². The second-order valence-electron chi connectivity index (χ2n) is 4.27. The number of ether oxygens (including phenoxy) is 2. The first-order valence-electron chi connectivity index (χ1n) is 6.70. The predicted octanol–water partition coefficient (Wildman–Crippen LogP) is 3.14. The fraction of sp³-hybridized carbons (Fsp3) is 0.467. The Kier molecular flexibility index (Phi) is 7.32. The van der Waals surface area contributed by atoms with Crippen LogP contribution >= 0.6 is 0 Å². The molecule has 0 heterocycles. The zero-order valence-corrected chi connectivity index (χ0v) is 11.6. The molecule has 4 nitrogen and oxygen atoms in total. The van der Waals surface area contributed by atoms with Gasteiger partial charge in [-0.25, -0.2) is 4.39 Å². The number of esters is 1. The largest absolute Gasteiger partial charge is 0.491 e. The number of unbranched alkanes of at least 4 members (excludes halogenated alkanes) is 2. The Morgan fingerprint density at radius 3 is 2.75 bits per heavy atom. The average molecular weight is 282 g/mol. The van der Waals surface area contributed by atoms with E-state index in [1.165, 1.54) is 12.1 Å². The maximum atomic E-state index is 13.5. The molecule has 0 saturated carbocycles. The number of hydrogen-bond acceptors (Lipinski definition) is 4. The second kappa shape index (κ2) is 9.07. The van der Waals surface area contributed by atoms with Gasteiger partial charge in [0, 0.05) is 12.0 Å². The molecule has 0 amide bonds. The number of carbonyl (C=O) groups is 2. The first-order valence-corrected chi connectivity index (χ1v) is 6.70. The Labute approximate surface area is 117 Å². The molecule has 0 fully saturated rings. The summed E-state index contributed by atoms with van der Waals surface area (Å²) >= 11 is 0. The van der Waals surface area contributed by atoms with E-state index in [-0.39, 0.29) is 17.3 Å². The molecule has 0 saturated heterocycles. The molecule has 1 aromatic rings. The van der Waals surface area contributed by atoms with Crippen LogP contribution in [-0.2, 0) is 9.53 Å². The van der Waals surface area contributed by atoms with Crippen molar-refractivity contribution in [3.05, 3.63) is 29.6 Å². The van der Waals surface area contributed by atoms with E-state index in [2.05, 4.69) is 0 Å². The van der Waals surface area contributed by atoms with Crippen LogP contribution in [0.15, 0.2) is 18.2 Å². The maximum absolute atomic E-state index is 13.5. The van der Waals surface area contributed by atoms with E-state index in [9.17, 15) is 14.0 Å². The lowest BCUT2D eigenvalue weighted by Gasteiger charge is -2.07. The predicted molar refractivity (Wildman–Crippen MR) is 72.4 cm³/mol. The molecule has 20 heavy (non-hydrogen) atoms. The number of halogens is 1. The topological polar surface area (TPSA) is 52.6 Å². The lowest BCUT2D eigenvalue weighted by molar-refractivity contribution is -0.143. The molecule has 110 valence electrons. The molecule has 0 atom stereocenters. The Morgan fingerprint density at radius 2 is 2.10 bits per heavy atom. The molecule has 5 heteroatoms. The van der Waals surface area contributed by atoms with E-state index >= 15 is 0 Å². The van der Waals surface area contributed by atoms with Gasteiger partial charge < -0.3 is 9.47 Å². The quantitative estimate of drug-likeness (QED) is 0.396. The number of rotatable bonds is 9. The highest BCUT2D eigenvalue weighted by molar-refractivity contribution is 5.75. The van der Waals surface area contributed by atoms with Gasteiger partial charge in [0.1, 0.15) is 6.29 Å². The maximum Gasteiger partial charge on any atom is 0.305 e. The third kappa shape index (κ3) is 5.82. The summed E-state index contributed by atoms with van der Waals surface area (Å²) < 4.78 is 23.5. The fourth-order valence-corrected chi connectivity index (χ4v) is 1.67. The van der Waals surface area contributed by atoms with E-state index in [4.69, 9.17) is 9.47 Å². The summed E-state index contributed by atoms with van der Waals surface area (Å²) in [4.78, 5) is 21.5. The lowest BCUT2D eigenvalue weighted by atomic mass is 10.2. The third-order valence-electron chi connectivity index (χ3n) is 2.68. The van der Waals surface area contributed by atoms with Crippen LogP contribution in [0, 0.1) is 5.82 Å². The summed E-state index contributed by atoms with van der Waals surface area (Å²) in [6.07, 6.45) is 3.26. The van der Waals surface area contributed by atoms with Crippen LogP contribution in [0.5, 0.6) is 5.75 Å². The van der Waals surface area contributed by atoms with Crippen LogP contribution < -0.4 is 4.74 Å². The summed E-state index contributed by atoms with van der Waals surface area (Å²) in [6.45, 7) is 2.55. The second-order valence-corrected chi connectivity index (χ2v) is 4.27. The molecule has 1 aromatic carbocycles. The van der Waals surface area contributed by atoms with Crippen LogP contribution in [0.4, 0.5) is 4.39 Å². The lowest BCUT2D eigenvalue weighted by Crippen LogP contribution is -2.04. The number of hydrogen-bond donors (Lipinski definition) is 0. The van der Waals surface area contributed by atoms with Crippen molar-refractivity contribution in [3.8, 4) is 5.75 Å². The van der Waals surface area contributed by atoms with Gasteiger partial charge in [-0.2, -0.15) is 0 Å². The van der Waals surface area contributed by atoms with E-state index in [0.717, 1.165) is 25.3 Å². The first-order chi connectivity index (χ1) is 9.67. The average Bonchev–Trinajstić information content (AvgIpc) is 2.44. The van der Waals surface area contributed by atoms with Crippen molar-refractivity contribution in [1.82, 2.24) is 0 Å². The van der Waals surface area contributed by atoms with Gasteiger partial charge in [-0.1, -0.05) is 0 Å². The SMILES string of the molecule is CCOC(=O)CCCCCOc1ccc(C=O)cc1F. The molecule has 0 bridgehead atoms. The molecule has 0 spiro atoms. The minimum absolute atomic E-state index is 0.140. The van der Waals surface area contributed by atoms with Crippen LogP contribution in [0.1, 0.15) is 43.0 Å². The van der Waals surface area contributed by atoms with Crippen LogP contribution in [0.25, 0.3) is 0 Å². The Balaban J connectivity index is 2.18. The summed E-state index contributed by atoms with van der Waals surface area (Å²) in [5, 5.41) is 0. The van der Waals surface area contributed by atoms with Gasteiger partial charge in [-0.3, -0.25) is 9.59 Å². The zero-order valence-electron chi connectivity index (χ0n) is 11.6. The van der Waals surface area contributed by atoms with Gasteiger partial charge >= 0.3 is 5.97 Å². The van der Waals surface area contributed by atoms with Gasteiger partial charge in [0.05, 0.1) is 13.2 Å². The molecular weight excluding hydrogens is 263 g/mol. The number of carbonyl (C=O) groups excluding carboxylic acids is 2. The highest BCUT2D eigenvalue weighted by Crippen LogP contribution is 2.18. The summed E-state index contributed by atoms with van der Waals surface area (Å²) in [6, 6.07) is 4.09. The van der Waals surface area contributed by atoms with Gasteiger partial charge in [0.25, 0.3) is 0 Å². The standard InChI is InChI=1S/C15H19FO4/c1-2-19-15(18)6-4-3-5-9-20-14-8-7-12(11-17)10-13(14)16/h7-8,10-11H,2-6,9H2,1H3. The summed E-state index contributed by atoms with van der Waals surface area (Å²) in [5.41, 5.74) is 0.282. The van der Waals surface area contributed by atoms with Gasteiger partial charge in [0.15, 0.2) is 11.6 Å². The van der Waals surface area contributed by atoms with E-state index in [1.54, 1.807) is 6.92 Å². The van der Waals surface area contributed by atoms with Crippen molar-refractivity contribution in [2.45, 2.75) is 32.6 Å². The van der Waals surface area contributed by atoms with Gasteiger partial charge in [0.2, 0.25) is 0 Å². The number of aldehydes is 1. The van der Waals surface area contributed by atoms with E-state index < -0.39 is 5.82 Å². The summed E-state index contributed by atoms with van der Waals surface area (Å²) in [5.74, 6) is -0.592. The molecule has 0 aromatic heterocycles. The van der Waals surface area contributed by atoms with Crippen molar-refractivity contribution < 1.29 is 23.5 Å². The minimum Gasteiger partial charge on any atom is -0.491 e. The molecule has 0 aliphatic heterocycles. The van der Waals surface area contributed by atoms with Gasteiger partial charge in [-0.15, -0.1) is 0 Å². The Bertz CT molecular complexity index is 445. The van der Waals surface area contributed by atoms with E-state index in [0.29, 0.717) is 25.9 Å². The number of benzene rings is 1. The van der Waals surface area contributed by atoms with Crippen molar-refractivity contribution in [1.29, 1.82) is 0 Å². The Hall–Kier alpha value is -1.91. The molecule has 0 radical (unpaired) electrons. The first kappa shape index (κ1) is 16.1. The smallest absolute Gasteiger partial charge is 0.305 e. The van der Waals surface area contributed by atoms with Crippen LogP contribution in [-0.4, -0.2) is 25.5 Å². The highest BCUT2D eigenvalue weighted by atomic mass is 19.1. The molecule has 0 unspecified atom stereocenters. The minimum atomic E-state index is -0.541. The Morgan fingerprint density at radius 1 is 1.30 bits per heavy atom. The normalized spacial score (nSPS) is 10.1. The highest BCUT2D eigenvalue weighted by Gasteiger charge is 2.05. The third-order valence-corrected chi connectivity index (χ3v) is 2.68. The monoisotopic (exact) mass is 282 g/mol. The molecular formula is C15H19FO4. The summed E-state index contributed by atoms with van der Waals surface area (Å²) in [7, 11) is 0. The van der Waals surface area contributed by atoms with Crippen molar-refractivity contribution in [2.75, 3.05) is 13.2 Å². The van der Waals surface area contributed by atoms with Crippen LogP contribution in [0.2, 0.25) is 0 Å². The van der Waals surface area contributed by atoms with Crippen molar-refractivity contribution in [3.63, 3.8) is 0 Å². The van der Waals surface area contributed by atoms with Crippen molar-refractivity contribution in [2.24, 2.45) is 0 Å². The van der Waals surface area contributed by atoms with E-state index in [1.807, 2.05) is 0 Å². The molecule has 0 N–H and O–H groups in total. The zero-order chi connectivity index (χ0) is 14.8.